The van der Waals surface area contributed by atoms with Gasteiger partial charge in [-0.05, 0) is 25.5 Å². The molecule has 0 spiro atoms. The van der Waals surface area contributed by atoms with Crippen molar-refractivity contribution in [3.63, 3.8) is 0 Å². The molecule has 0 saturated heterocycles. The van der Waals surface area contributed by atoms with Crippen LogP contribution in [0, 0.1) is 20.8 Å². The fraction of sp³-hybridized carbons (Fsp3) is 0.222. The van der Waals surface area contributed by atoms with Crippen LogP contribution in [-0.2, 0) is 7.05 Å². The van der Waals surface area contributed by atoms with Gasteiger partial charge in [-0.15, -0.1) is 0 Å². The minimum absolute atomic E-state index is 1.01. The van der Waals surface area contributed by atoms with Crippen molar-refractivity contribution in [2.24, 2.45) is 7.05 Å². The zero-order valence-corrected chi connectivity index (χ0v) is 13.0. The first-order chi connectivity index (χ1) is 10.1. The van der Waals surface area contributed by atoms with E-state index in [1.54, 1.807) is 0 Å². The van der Waals surface area contributed by atoms with Gasteiger partial charge in [-0.2, -0.15) is 4.57 Å². The van der Waals surface area contributed by atoms with Gasteiger partial charge in [0.15, 0.2) is 11.9 Å². The largest absolute Gasteiger partial charge is 0.334 e. The Labute approximate surface area is 125 Å². The summed E-state index contributed by atoms with van der Waals surface area (Å²) < 4.78 is 4.29. The molecule has 0 N–H and O–H groups in total. The predicted octanol–water partition coefficient (Wildman–Crippen LogP) is 3.29. The first kappa shape index (κ1) is 13.6. The molecule has 0 saturated carbocycles. The van der Waals surface area contributed by atoms with Crippen molar-refractivity contribution in [1.29, 1.82) is 0 Å². The van der Waals surface area contributed by atoms with E-state index in [-0.39, 0.29) is 0 Å². The average Bonchev–Trinajstić information content (AvgIpc) is 2.88. The summed E-state index contributed by atoms with van der Waals surface area (Å²) in [5.41, 5.74) is 6.11. The Balaban J connectivity index is 2.27. The molecule has 1 aromatic carbocycles. The number of hydrogen-bond donors (Lipinski definition) is 0. The Hall–Kier alpha value is -2.42. The van der Waals surface area contributed by atoms with E-state index in [2.05, 4.69) is 71.4 Å². The fourth-order valence-electron chi connectivity index (χ4n) is 2.75. The van der Waals surface area contributed by atoms with Gasteiger partial charge >= 0.3 is 0 Å². The van der Waals surface area contributed by atoms with Crippen LogP contribution in [0.15, 0.2) is 48.9 Å². The maximum Gasteiger partial charge on any atom is 0.214 e. The lowest BCUT2D eigenvalue weighted by Crippen LogP contribution is -2.34. The maximum absolute atomic E-state index is 4.50. The third-order valence-electron chi connectivity index (χ3n) is 3.91. The van der Waals surface area contributed by atoms with Crippen molar-refractivity contribution in [1.82, 2.24) is 9.55 Å². The summed E-state index contributed by atoms with van der Waals surface area (Å²) in [6, 6.07) is 10.7. The highest BCUT2D eigenvalue weighted by Crippen LogP contribution is 2.26. The molecule has 0 aliphatic heterocycles. The van der Waals surface area contributed by atoms with Gasteiger partial charge in [-0.1, -0.05) is 6.07 Å². The summed E-state index contributed by atoms with van der Waals surface area (Å²) in [5, 5.41) is 0. The molecule has 2 aromatic heterocycles. The molecule has 0 fully saturated rings. The van der Waals surface area contributed by atoms with Crippen molar-refractivity contribution in [2.45, 2.75) is 20.8 Å². The molecule has 0 amide bonds. The van der Waals surface area contributed by atoms with Gasteiger partial charge < -0.3 is 4.57 Å². The van der Waals surface area contributed by atoms with Crippen molar-refractivity contribution in [3.8, 4) is 17.1 Å². The van der Waals surface area contributed by atoms with Crippen LogP contribution in [-0.4, -0.2) is 9.55 Å². The van der Waals surface area contributed by atoms with Crippen LogP contribution in [0.3, 0.4) is 0 Å². The van der Waals surface area contributed by atoms with Crippen LogP contribution in [0.2, 0.25) is 0 Å². The number of rotatable bonds is 2. The van der Waals surface area contributed by atoms with Crippen LogP contribution in [0.5, 0.6) is 0 Å². The Morgan fingerprint density at radius 2 is 1.90 bits per heavy atom. The Morgan fingerprint density at radius 1 is 1.10 bits per heavy atom. The summed E-state index contributed by atoms with van der Waals surface area (Å²) in [6.07, 6.45) is 5.94. The minimum atomic E-state index is 1.01. The Kier molecular flexibility index (Phi) is 3.34. The van der Waals surface area contributed by atoms with E-state index in [4.69, 9.17) is 0 Å². The molecule has 3 rings (SSSR count). The van der Waals surface area contributed by atoms with Crippen LogP contribution in [0.4, 0.5) is 0 Å². The first-order valence-electron chi connectivity index (χ1n) is 7.14. The summed E-state index contributed by atoms with van der Waals surface area (Å²) in [7, 11) is 2.03. The second kappa shape index (κ2) is 5.17. The molecule has 106 valence electrons. The van der Waals surface area contributed by atoms with Crippen LogP contribution >= 0.6 is 0 Å². The quantitative estimate of drug-likeness (QED) is 0.659. The van der Waals surface area contributed by atoms with E-state index in [0.717, 1.165) is 5.82 Å². The molecule has 2 heterocycles. The normalized spacial score (nSPS) is 10.9. The van der Waals surface area contributed by atoms with E-state index in [1.165, 1.54) is 28.1 Å². The van der Waals surface area contributed by atoms with E-state index in [1.807, 2.05) is 19.4 Å². The minimum Gasteiger partial charge on any atom is -0.334 e. The van der Waals surface area contributed by atoms with Crippen LogP contribution in [0.1, 0.15) is 16.8 Å². The van der Waals surface area contributed by atoms with Gasteiger partial charge in [0.2, 0.25) is 5.69 Å². The zero-order valence-electron chi connectivity index (χ0n) is 13.0. The topological polar surface area (TPSA) is 21.7 Å². The molecule has 0 bridgehead atoms. The van der Waals surface area contributed by atoms with Crippen LogP contribution < -0.4 is 4.57 Å². The van der Waals surface area contributed by atoms with E-state index < -0.39 is 0 Å². The Morgan fingerprint density at radius 3 is 2.57 bits per heavy atom. The molecule has 0 atom stereocenters. The third kappa shape index (κ3) is 2.35. The predicted molar refractivity (Wildman–Crippen MR) is 84.4 cm³/mol. The number of pyridine rings is 1. The standard InChI is InChI=1S/C18H20N3/c1-13-11-16(18-19-8-10-20(18)4)15(3)17(12-13)21-9-6-5-7-14(21)2/h5-12H,1-4H3/q+1. The monoisotopic (exact) mass is 278 g/mol. The van der Waals surface area contributed by atoms with Crippen molar-refractivity contribution < 1.29 is 4.57 Å². The highest BCUT2D eigenvalue weighted by Gasteiger charge is 2.18. The lowest BCUT2D eigenvalue weighted by atomic mass is 10.0. The van der Waals surface area contributed by atoms with Crippen molar-refractivity contribution in [2.75, 3.05) is 0 Å². The molecular formula is C18H20N3+. The summed E-state index contributed by atoms with van der Waals surface area (Å²) in [4.78, 5) is 4.50. The van der Waals surface area contributed by atoms with Crippen molar-refractivity contribution in [3.05, 3.63) is 65.7 Å². The van der Waals surface area contributed by atoms with Gasteiger partial charge in [0.05, 0.1) is 0 Å². The highest BCUT2D eigenvalue weighted by molar-refractivity contribution is 5.65. The second-order valence-corrected chi connectivity index (χ2v) is 5.53. The lowest BCUT2D eigenvalue weighted by Gasteiger charge is -2.10. The molecule has 3 heteroatoms. The van der Waals surface area contributed by atoms with Gasteiger partial charge in [0, 0.05) is 55.7 Å². The molecule has 0 unspecified atom stereocenters. The van der Waals surface area contributed by atoms with Crippen molar-refractivity contribution >= 4 is 0 Å². The van der Waals surface area contributed by atoms with Gasteiger partial charge in [0.1, 0.15) is 5.82 Å². The zero-order chi connectivity index (χ0) is 15.0. The highest BCUT2D eigenvalue weighted by atomic mass is 15.0. The summed E-state index contributed by atoms with van der Waals surface area (Å²) in [6.45, 7) is 6.43. The number of aromatic nitrogens is 3. The number of hydrogen-bond acceptors (Lipinski definition) is 1. The van der Waals surface area contributed by atoms with Gasteiger partial charge in [-0.25, -0.2) is 4.98 Å². The van der Waals surface area contributed by atoms with E-state index >= 15 is 0 Å². The third-order valence-corrected chi connectivity index (χ3v) is 3.91. The molecular weight excluding hydrogens is 258 g/mol. The van der Waals surface area contributed by atoms with E-state index in [0.29, 0.717) is 0 Å². The SMILES string of the molecule is Cc1cc(-c2nccn2C)c(C)c(-[n+]2ccccc2C)c1. The molecule has 3 nitrogen and oxygen atoms in total. The van der Waals surface area contributed by atoms with Gasteiger partial charge in [-0.3, -0.25) is 0 Å². The summed E-state index contributed by atoms with van der Waals surface area (Å²) >= 11 is 0. The number of aryl methyl sites for hydroxylation is 3. The summed E-state index contributed by atoms with van der Waals surface area (Å²) in [5.74, 6) is 1.01. The lowest BCUT2D eigenvalue weighted by molar-refractivity contribution is -0.603. The van der Waals surface area contributed by atoms with Gasteiger partial charge in [0.25, 0.3) is 0 Å². The number of imidazole rings is 1. The average molecular weight is 278 g/mol. The molecule has 0 radical (unpaired) electrons. The number of benzene rings is 1. The number of nitrogens with zero attached hydrogens (tertiary/aromatic N) is 3. The smallest absolute Gasteiger partial charge is 0.214 e. The first-order valence-corrected chi connectivity index (χ1v) is 7.14. The molecule has 21 heavy (non-hydrogen) atoms. The van der Waals surface area contributed by atoms with E-state index in [9.17, 15) is 0 Å². The fourth-order valence-corrected chi connectivity index (χ4v) is 2.75. The second-order valence-electron chi connectivity index (χ2n) is 5.53. The Bertz CT molecular complexity index is 800. The van der Waals surface area contributed by atoms with Crippen LogP contribution in [0.25, 0.3) is 17.1 Å². The molecule has 3 aromatic rings. The molecule has 0 aliphatic carbocycles. The maximum atomic E-state index is 4.50. The molecule has 0 aliphatic rings.